The standard InChI is InChI=1S/C13H20N2O.C7H6S.C4H6O6/c1-12(16)11-14-7-9-15(10-8-14)13-5-3-2-4-6-13;1-2-6-4-7(3-1)8-5-6;5-1(3(7)8)2(6)4(9)10/h2-6,12,16H,7-11H2,1H3;1-4H,5H2;1-2,5-6H,(H,7,8)(H,9,10). The van der Waals surface area contributed by atoms with Crippen molar-refractivity contribution in [3.63, 3.8) is 0 Å². The molecule has 2 aliphatic rings. The van der Waals surface area contributed by atoms with Gasteiger partial charge in [0.1, 0.15) is 0 Å². The van der Waals surface area contributed by atoms with Gasteiger partial charge in [-0.05, 0) is 36.8 Å². The van der Waals surface area contributed by atoms with Crippen molar-refractivity contribution in [1.29, 1.82) is 0 Å². The number of carboxylic acid groups (broad SMARTS) is 2. The van der Waals surface area contributed by atoms with Crippen LogP contribution in [0.4, 0.5) is 5.69 Å². The van der Waals surface area contributed by atoms with Crippen molar-refractivity contribution in [1.82, 2.24) is 4.90 Å². The first-order chi connectivity index (χ1) is 16.2. The summed E-state index contributed by atoms with van der Waals surface area (Å²) in [4.78, 5) is 25.7. The Morgan fingerprint density at radius 1 is 0.882 bits per heavy atom. The van der Waals surface area contributed by atoms with Gasteiger partial charge >= 0.3 is 11.9 Å². The van der Waals surface area contributed by atoms with E-state index in [1.807, 2.05) is 24.8 Å². The minimum Gasteiger partial charge on any atom is -0.479 e. The first-order valence-corrected chi connectivity index (χ1v) is 11.9. The number of fused-ring (bicyclic) bond motifs is 2. The largest absolute Gasteiger partial charge is 0.479 e. The lowest BCUT2D eigenvalue weighted by Crippen LogP contribution is -2.48. The molecule has 3 atom stereocenters. The molecule has 0 saturated carbocycles. The van der Waals surface area contributed by atoms with Crippen LogP contribution >= 0.6 is 11.8 Å². The molecule has 0 aromatic heterocycles. The van der Waals surface area contributed by atoms with Crippen LogP contribution in [0.1, 0.15) is 12.5 Å². The number of thioether (sulfide) groups is 1. The van der Waals surface area contributed by atoms with Gasteiger partial charge in [-0.2, -0.15) is 0 Å². The molecule has 9 nitrogen and oxygen atoms in total. The van der Waals surface area contributed by atoms with Crippen LogP contribution < -0.4 is 4.90 Å². The van der Waals surface area contributed by atoms with Gasteiger partial charge in [-0.3, -0.25) is 4.90 Å². The first-order valence-electron chi connectivity index (χ1n) is 10.9. The maximum atomic E-state index is 9.77. The fourth-order valence-corrected chi connectivity index (χ4v) is 4.29. The van der Waals surface area contributed by atoms with Crippen molar-refractivity contribution in [2.45, 2.75) is 35.9 Å². The molecule has 34 heavy (non-hydrogen) atoms. The number of β-amino-alcohol motifs (C(OH)–C–C–N with tert-alkyl or cyclic N) is 1. The van der Waals surface area contributed by atoms with Crippen LogP contribution in [0.5, 0.6) is 0 Å². The molecule has 0 aliphatic carbocycles. The van der Waals surface area contributed by atoms with Crippen molar-refractivity contribution in [3.05, 3.63) is 60.2 Å². The summed E-state index contributed by atoms with van der Waals surface area (Å²) < 4.78 is 0. The van der Waals surface area contributed by atoms with Gasteiger partial charge in [0.15, 0.2) is 12.2 Å². The van der Waals surface area contributed by atoms with Crippen LogP contribution in [-0.4, -0.2) is 93.4 Å². The predicted octanol–water partition coefficient (Wildman–Crippen LogP) is 1.36. The summed E-state index contributed by atoms with van der Waals surface area (Å²) in [6.07, 6.45) is -4.75. The molecule has 2 heterocycles. The SMILES string of the molecule is CC(O)CN1CCN(c2ccccc2)CC1.O=C(O)C(O)C(O)C(=O)O.c1cc2cc(c1)SC2. The molecule has 0 amide bonds. The van der Waals surface area contributed by atoms with Crippen molar-refractivity contribution in [2.75, 3.05) is 37.6 Å². The molecule has 4 rings (SSSR count). The zero-order valence-corrected chi connectivity index (χ0v) is 19.8. The Kier molecular flexibility index (Phi) is 11.3. The van der Waals surface area contributed by atoms with Gasteiger partial charge in [-0.1, -0.05) is 30.3 Å². The second-order valence-electron chi connectivity index (χ2n) is 7.97. The lowest BCUT2D eigenvalue weighted by Gasteiger charge is -2.36. The minimum atomic E-state index is -2.27. The second kappa shape index (κ2) is 13.9. The maximum Gasteiger partial charge on any atom is 0.335 e. The molecule has 0 spiro atoms. The molecule has 3 unspecified atom stereocenters. The van der Waals surface area contributed by atoms with Gasteiger partial charge < -0.3 is 30.4 Å². The molecule has 5 N–H and O–H groups in total. The monoisotopic (exact) mass is 492 g/mol. The number of hydrogen-bond acceptors (Lipinski definition) is 8. The number of hydrogen-bond donors (Lipinski definition) is 5. The Morgan fingerprint density at radius 3 is 1.94 bits per heavy atom. The van der Waals surface area contributed by atoms with E-state index >= 15 is 0 Å². The van der Waals surface area contributed by atoms with Crippen molar-refractivity contribution in [2.24, 2.45) is 0 Å². The Bertz CT molecular complexity index is 868. The number of carboxylic acids is 2. The van der Waals surface area contributed by atoms with E-state index in [0.717, 1.165) is 32.7 Å². The highest BCUT2D eigenvalue weighted by atomic mass is 32.2. The number of aliphatic hydroxyl groups is 3. The average molecular weight is 493 g/mol. The molecule has 2 bridgehead atoms. The summed E-state index contributed by atoms with van der Waals surface area (Å²) in [6.45, 7) is 6.83. The molecular formula is C24H32N2O7S. The van der Waals surface area contributed by atoms with Gasteiger partial charge in [0, 0.05) is 49.1 Å². The van der Waals surface area contributed by atoms with Crippen molar-refractivity contribution >= 4 is 29.4 Å². The fourth-order valence-electron chi connectivity index (χ4n) is 3.36. The van der Waals surface area contributed by atoms with Gasteiger partial charge in [0.2, 0.25) is 0 Å². The Hall–Kier alpha value is -2.63. The molecule has 2 aromatic rings. The lowest BCUT2D eigenvalue weighted by atomic mass is 10.2. The van der Waals surface area contributed by atoms with E-state index in [1.54, 1.807) is 0 Å². The Balaban J connectivity index is 0.000000194. The molecular weight excluding hydrogens is 460 g/mol. The summed E-state index contributed by atoms with van der Waals surface area (Å²) >= 11 is 1.92. The third kappa shape index (κ3) is 9.32. The second-order valence-corrected chi connectivity index (χ2v) is 9.02. The number of nitrogens with zero attached hydrogens (tertiary/aromatic N) is 2. The summed E-state index contributed by atoms with van der Waals surface area (Å²) in [7, 11) is 0. The number of piperazine rings is 1. The normalized spacial score (nSPS) is 17.4. The van der Waals surface area contributed by atoms with Crippen LogP contribution in [0.3, 0.4) is 0 Å². The van der Waals surface area contributed by atoms with Gasteiger partial charge in [-0.25, -0.2) is 9.59 Å². The van der Waals surface area contributed by atoms with Gasteiger partial charge in [0.05, 0.1) is 6.10 Å². The molecule has 2 aromatic carbocycles. The first kappa shape index (κ1) is 27.6. The quantitative estimate of drug-likeness (QED) is 0.401. The van der Waals surface area contributed by atoms with Crippen LogP contribution in [0, 0.1) is 0 Å². The zero-order chi connectivity index (χ0) is 25.1. The highest BCUT2D eigenvalue weighted by Gasteiger charge is 2.29. The number of anilines is 1. The van der Waals surface area contributed by atoms with Crippen molar-refractivity contribution < 1.29 is 35.1 Å². The van der Waals surface area contributed by atoms with Crippen LogP contribution in [-0.2, 0) is 15.3 Å². The summed E-state index contributed by atoms with van der Waals surface area (Å²) in [5.74, 6) is -2.35. The van der Waals surface area contributed by atoms with Crippen molar-refractivity contribution in [3.8, 4) is 0 Å². The number of aliphatic carboxylic acids is 2. The van der Waals surface area contributed by atoms with Crippen LogP contribution in [0.15, 0.2) is 59.5 Å². The zero-order valence-electron chi connectivity index (χ0n) is 19.0. The number of para-hydroxylation sites is 1. The topological polar surface area (TPSA) is 142 Å². The average Bonchev–Trinajstić information content (AvgIpc) is 3.16. The lowest BCUT2D eigenvalue weighted by molar-refractivity contribution is -0.165. The Labute approximate surface area is 203 Å². The molecule has 0 radical (unpaired) electrons. The van der Waals surface area contributed by atoms with Crippen LogP contribution in [0.25, 0.3) is 0 Å². The fraction of sp³-hybridized carbons (Fsp3) is 0.417. The molecule has 2 aliphatic heterocycles. The van der Waals surface area contributed by atoms with E-state index in [0.29, 0.717) is 0 Å². The third-order valence-corrected chi connectivity index (χ3v) is 6.19. The minimum absolute atomic E-state index is 0.219. The van der Waals surface area contributed by atoms with E-state index in [1.165, 1.54) is 21.9 Å². The van der Waals surface area contributed by atoms with Crippen LogP contribution in [0.2, 0.25) is 0 Å². The maximum absolute atomic E-state index is 9.77. The Morgan fingerprint density at radius 2 is 1.47 bits per heavy atom. The van der Waals surface area contributed by atoms with E-state index < -0.39 is 24.1 Å². The molecule has 1 saturated heterocycles. The molecule has 10 heteroatoms. The van der Waals surface area contributed by atoms with E-state index in [-0.39, 0.29) is 6.10 Å². The summed E-state index contributed by atoms with van der Waals surface area (Å²) in [5, 5.41) is 41.9. The predicted molar refractivity (Wildman–Crippen MR) is 130 cm³/mol. The smallest absolute Gasteiger partial charge is 0.335 e. The van der Waals surface area contributed by atoms with E-state index in [9.17, 15) is 14.7 Å². The van der Waals surface area contributed by atoms with Gasteiger partial charge in [0.25, 0.3) is 0 Å². The van der Waals surface area contributed by atoms with Gasteiger partial charge in [-0.15, -0.1) is 11.8 Å². The number of carbonyl (C=O) groups is 2. The number of aliphatic hydroxyl groups excluding tert-OH is 3. The third-order valence-electron chi connectivity index (χ3n) is 5.13. The number of benzene rings is 2. The molecule has 186 valence electrons. The summed E-state index contributed by atoms with van der Waals surface area (Å²) in [6, 6.07) is 19.2. The highest BCUT2D eigenvalue weighted by Crippen LogP contribution is 2.30. The molecule has 1 fully saturated rings. The highest BCUT2D eigenvalue weighted by molar-refractivity contribution is 7.98. The van der Waals surface area contributed by atoms with E-state index in [4.69, 9.17) is 20.4 Å². The number of rotatable bonds is 6. The van der Waals surface area contributed by atoms with E-state index in [2.05, 4.69) is 58.3 Å². The summed E-state index contributed by atoms with van der Waals surface area (Å²) in [5.41, 5.74) is 2.77.